The molecule has 3 rings (SSSR count). The SMILES string of the molecule is CNC(c1ccc2oc(=O)[nH]c2c1)C1CCNC1. The third-order valence-electron chi connectivity index (χ3n) is 3.68. The minimum Gasteiger partial charge on any atom is -0.408 e. The van der Waals surface area contributed by atoms with E-state index in [4.69, 9.17) is 4.42 Å². The highest BCUT2D eigenvalue weighted by Crippen LogP contribution is 2.28. The lowest BCUT2D eigenvalue weighted by atomic mass is 9.92. The lowest BCUT2D eigenvalue weighted by Gasteiger charge is -2.22. The van der Waals surface area contributed by atoms with Crippen molar-refractivity contribution in [3.8, 4) is 0 Å². The molecule has 0 saturated carbocycles. The van der Waals surface area contributed by atoms with E-state index in [1.165, 1.54) is 12.0 Å². The van der Waals surface area contributed by atoms with E-state index in [2.05, 4.69) is 15.6 Å². The lowest BCUT2D eigenvalue weighted by molar-refractivity contribution is 0.410. The van der Waals surface area contributed by atoms with Gasteiger partial charge in [-0.15, -0.1) is 0 Å². The minimum atomic E-state index is -0.398. The standard InChI is InChI=1S/C13H17N3O2/c1-14-12(9-4-5-15-7-9)8-2-3-11-10(6-8)16-13(17)18-11/h2-3,6,9,12,14-15H,4-5,7H2,1H3,(H,16,17). The van der Waals surface area contributed by atoms with Crippen LogP contribution in [0.2, 0.25) is 0 Å². The van der Waals surface area contributed by atoms with Crippen LogP contribution in [0.5, 0.6) is 0 Å². The van der Waals surface area contributed by atoms with Crippen molar-refractivity contribution in [1.29, 1.82) is 0 Å². The van der Waals surface area contributed by atoms with Gasteiger partial charge in [0.05, 0.1) is 5.52 Å². The van der Waals surface area contributed by atoms with E-state index in [1.54, 1.807) is 0 Å². The van der Waals surface area contributed by atoms with Gasteiger partial charge >= 0.3 is 5.76 Å². The van der Waals surface area contributed by atoms with E-state index >= 15 is 0 Å². The van der Waals surface area contributed by atoms with Crippen LogP contribution < -0.4 is 16.4 Å². The Kier molecular flexibility index (Phi) is 2.93. The van der Waals surface area contributed by atoms with Crippen molar-refractivity contribution in [1.82, 2.24) is 15.6 Å². The normalized spacial score (nSPS) is 21.5. The summed E-state index contributed by atoms with van der Waals surface area (Å²) in [6.07, 6.45) is 1.17. The molecule has 3 N–H and O–H groups in total. The first kappa shape index (κ1) is 11.5. The molecule has 96 valence electrons. The number of aromatic nitrogens is 1. The zero-order chi connectivity index (χ0) is 12.5. The quantitative estimate of drug-likeness (QED) is 0.756. The van der Waals surface area contributed by atoms with Crippen LogP contribution in [0.25, 0.3) is 11.1 Å². The van der Waals surface area contributed by atoms with Crippen LogP contribution in [0.15, 0.2) is 27.4 Å². The van der Waals surface area contributed by atoms with E-state index in [-0.39, 0.29) is 0 Å². The van der Waals surface area contributed by atoms with Gasteiger partial charge in [-0.1, -0.05) is 6.07 Å². The maximum Gasteiger partial charge on any atom is 0.417 e. The number of fused-ring (bicyclic) bond motifs is 1. The highest BCUT2D eigenvalue weighted by Gasteiger charge is 2.25. The van der Waals surface area contributed by atoms with Crippen LogP contribution >= 0.6 is 0 Å². The number of rotatable bonds is 3. The summed E-state index contributed by atoms with van der Waals surface area (Å²) in [7, 11) is 1.98. The van der Waals surface area contributed by atoms with E-state index in [0.29, 0.717) is 17.5 Å². The Morgan fingerprint density at radius 2 is 2.39 bits per heavy atom. The predicted octanol–water partition coefficient (Wildman–Crippen LogP) is 0.991. The Morgan fingerprint density at radius 1 is 1.50 bits per heavy atom. The molecule has 1 aromatic heterocycles. The van der Waals surface area contributed by atoms with Crippen LogP contribution in [-0.2, 0) is 0 Å². The molecule has 2 heterocycles. The molecule has 0 radical (unpaired) electrons. The Hall–Kier alpha value is -1.59. The van der Waals surface area contributed by atoms with Crippen molar-refractivity contribution in [2.75, 3.05) is 20.1 Å². The number of benzene rings is 1. The number of aromatic amines is 1. The fourth-order valence-corrected chi connectivity index (χ4v) is 2.80. The molecule has 1 aliphatic rings. The number of hydrogen-bond acceptors (Lipinski definition) is 4. The molecule has 1 saturated heterocycles. The molecule has 2 atom stereocenters. The first-order valence-corrected chi connectivity index (χ1v) is 6.28. The fourth-order valence-electron chi connectivity index (χ4n) is 2.80. The van der Waals surface area contributed by atoms with Gasteiger partial charge in [0.15, 0.2) is 5.58 Å². The van der Waals surface area contributed by atoms with Crippen molar-refractivity contribution in [2.24, 2.45) is 5.92 Å². The average molecular weight is 247 g/mol. The van der Waals surface area contributed by atoms with Crippen molar-refractivity contribution in [3.05, 3.63) is 34.3 Å². The molecule has 2 aromatic rings. The van der Waals surface area contributed by atoms with E-state index in [1.807, 2.05) is 25.2 Å². The summed E-state index contributed by atoms with van der Waals surface area (Å²) in [5.41, 5.74) is 2.57. The second-order valence-electron chi connectivity index (χ2n) is 4.79. The Balaban J connectivity index is 1.98. The summed E-state index contributed by atoms with van der Waals surface area (Å²) in [4.78, 5) is 13.9. The largest absolute Gasteiger partial charge is 0.417 e. The minimum absolute atomic E-state index is 0.308. The van der Waals surface area contributed by atoms with Crippen molar-refractivity contribution >= 4 is 11.1 Å². The van der Waals surface area contributed by atoms with Gasteiger partial charge in [0.2, 0.25) is 0 Å². The molecule has 0 bridgehead atoms. The summed E-state index contributed by atoms with van der Waals surface area (Å²) in [6, 6.07) is 6.19. The third kappa shape index (κ3) is 1.95. The molecule has 1 aliphatic heterocycles. The maximum absolute atomic E-state index is 11.1. The van der Waals surface area contributed by atoms with Crippen LogP contribution in [0.4, 0.5) is 0 Å². The summed E-state index contributed by atoms with van der Waals surface area (Å²) in [5.74, 6) is 0.191. The first-order valence-electron chi connectivity index (χ1n) is 6.28. The number of hydrogen-bond donors (Lipinski definition) is 3. The molecule has 2 unspecified atom stereocenters. The van der Waals surface area contributed by atoms with Crippen LogP contribution in [0.1, 0.15) is 18.0 Å². The van der Waals surface area contributed by atoms with Gasteiger partial charge < -0.3 is 15.1 Å². The van der Waals surface area contributed by atoms with Gasteiger partial charge in [0.25, 0.3) is 0 Å². The molecule has 5 nitrogen and oxygen atoms in total. The van der Waals surface area contributed by atoms with Gasteiger partial charge in [-0.3, -0.25) is 4.98 Å². The van der Waals surface area contributed by atoms with Gasteiger partial charge in [-0.2, -0.15) is 0 Å². The monoisotopic (exact) mass is 247 g/mol. The van der Waals surface area contributed by atoms with Crippen LogP contribution in [0.3, 0.4) is 0 Å². The summed E-state index contributed by atoms with van der Waals surface area (Å²) in [6.45, 7) is 2.11. The molecule has 5 heteroatoms. The van der Waals surface area contributed by atoms with Gasteiger partial charge in [0, 0.05) is 6.04 Å². The lowest BCUT2D eigenvalue weighted by Crippen LogP contribution is -2.26. The molecule has 1 fully saturated rings. The molecule has 1 aromatic carbocycles. The van der Waals surface area contributed by atoms with Crippen LogP contribution in [-0.4, -0.2) is 25.1 Å². The summed E-state index contributed by atoms with van der Waals surface area (Å²) >= 11 is 0. The van der Waals surface area contributed by atoms with Crippen LogP contribution in [0, 0.1) is 5.92 Å². The second-order valence-corrected chi connectivity index (χ2v) is 4.79. The van der Waals surface area contributed by atoms with E-state index in [0.717, 1.165) is 18.6 Å². The molecular weight excluding hydrogens is 230 g/mol. The Labute approximate surface area is 105 Å². The molecular formula is C13H17N3O2. The van der Waals surface area contributed by atoms with Crippen molar-refractivity contribution in [2.45, 2.75) is 12.5 Å². The Bertz CT molecular complexity index is 596. The topological polar surface area (TPSA) is 70.1 Å². The first-order chi connectivity index (χ1) is 8.78. The number of H-pyrrole nitrogens is 1. The van der Waals surface area contributed by atoms with Gasteiger partial charge in [0.1, 0.15) is 0 Å². The highest BCUT2D eigenvalue weighted by molar-refractivity contribution is 5.72. The highest BCUT2D eigenvalue weighted by atomic mass is 16.4. The average Bonchev–Trinajstić information content (AvgIpc) is 2.97. The van der Waals surface area contributed by atoms with E-state index in [9.17, 15) is 4.79 Å². The van der Waals surface area contributed by atoms with Crippen molar-refractivity contribution < 1.29 is 4.42 Å². The predicted molar refractivity (Wildman–Crippen MR) is 69.6 cm³/mol. The van der Waals surface area contributed by atoms with Gasteiger partial charge in [-0.25, -0.2) is 4.79 Å². The summed E-state index contributed by atoms with van der Waals surface area (Å²) < 4.78 is 5.02. The Morgan fingerprint density at radius 3 is 3.11 bits per heavy atom. The third-order valence-corrected chi connectivity index (χ3v) is 3.68. The molecule has 0 amide bonds. The number of nitrogens with one attached hydrogen (secondary N) is 3. The second kappa shape index (κ2) is 4.59. The smallest absolute Gasteiger partial charge is 0.408 e. The zero-order valence-electron chi connectivity index (χ0n) is 10.3. The summed E-state index contributed by atoms with van der Waals surface area (Å²) in [5, 5.41) is 6.75. The van der Waals surface area contributed by atoms with E-state index < -0.39 is 5.76 Å². The van der Waals surface area contributed by atoms with Gasteiger partial charge in [-0.05, 0) is 50.2 Å². The fraction of sp³-hybridized carbons (Fsp3) is 0.462. The zero-order valence-corrected chi connectivity index (χ0v) is 10.3. The molecule has 0 aliphatic carbocycles. The maximum atomic E-state index is 11.1. The van der Waals surface area contributed by atoms with Crippen molar-refractivity contribution in [3.63, 3.8) is 0 Å². The molecule has 18 heavy (non-hydrogen) atoms. The molecule has 0 spiro atoms. The number of oxazole rings is 1.